The SMILES string of the molecule is CC1(C)OC2C(COC(c3ccccc3)(c3ccccc3)c3ccccc3)=C(F)C(n3cnc4c(N)ncnc43)C2O1. The molecule has 3 atom stereocenters. The van der Waals surface area contributed by atoms with E-state index in [0.717, 1.165) is 16.7 Å². The maximum absolute atomic E-state index is 16.7. The van der Waals surface area contributed by atoms with Crippen LogP contribution in [0.1, 0.15) is 36.6 Å². The molecule has 9 heteroatoms. The summed E-state index contributed by atoms with van der Waals surface area (Å²) in [4.78, 5) is 12.7. The summed E-state index contributed by atoms with van der Waals surface area (Å²) in [6.07, 6.45) is 1.53. The summed E-state index contributed by atoms with van der Waals surface area (Å²) in [5.74, 6) is -1.11. The fraction of sp³-hybridized carbons (Fsp3) is 0.242. The third-order valence-electron chi connectivity index (χ3n) is 8.02. The summed E-state index contributed by atoms with van der Waals surface area (Å²) >= 11 is 0. The molecule has 2 N–H and O–H groups in total. The number of nitrogen functional groups attached to an aromatic ring is 1. The van der Waals surface area contributed by atoms with Gasteiger partial charge in [0.15, 0.2) is 17.3 Å². The van der Waals surface area contributed by atoms with Crippen LogP contribution in [-0.2, 0) is 19.8 Å². The lowest BCUT2D eigenvalue weighted by Gasteiger charge is -2.36. The van der Waals surface area contributed by atoms with Crippen LogP contribution < -0.4 is 5.73 Å². The number of ether oxygens (including phenoxy) is 3. The highest BCUT2D eigenvalue weighted by Crippen LogP contribution is 2.50. The van der Waals surface area contributed by atoms with E-state index in [2.05, 4.69) is 15.0 Å². The molecule has 42 heavy (non-hydrogen) atoms. The van der Waals surface area contributed by atoms with Crippen molar-refractivity contribution in [2.75, 3.05) is 12.3 Å². The molecule has 0 bridgehead atoms. The van der Waals surface area contributed by atoms with E-state index in [-0.39, 0.29) is 12.4 Å². The van der Waals surface area contributed by atoms with Crippen molar-refractivity contribution >= 4 is 17.0 Å². The zero-order chi connectivity index (χ0) is 28.9. The van der Waals surface area contributed by atoms with Gasteiger partial charge in [-0.3, -0.25) is 0 Å². The number of benzene rings is 3. The summed E-state index contributed by atoms with van der Waals surface area (Å²) < 4.78 is 38.0. The Balaban J connectivity index is 1.36. The molecule has 8 nitrogen and oxygen atoms in total. The van der Waals surface area contributed by atoms with Crippen molar-refractivity contribution in [1.29, 1.82) is 0 Å². The minimum atomic E-state index is -1.02. The molecule has 0 amide bonds. The molecular formula is C33H30FN5O3. The summed E-state index contributed by atoms with van der Waals surface area (Å²) in [6, 6.07) is 29.1. The van der Waals surface area contributed by atoms with Gasteiger partial charge in [-0.1, -0.05) is 91.0 Å². The molecule has 1 aliphatic heterocycles. The first-order valence-electron chi connectivity index (χ1n) is 13.9. The van der Waals surface area contributed by atoms with E-state index in [9.17, 15) is 0 Å². The number of fused-ring (bicyclic) bond motifs is 2. The molecule has 0 radical (unpaired) electrons. The molecule has 2 aliphatic rings. The molecule has 7 rings (SSSR count). The summed E-state index contributed by atoms with van der Waals surface area (Å²) in [7, 11) is 0. The second-order valence-electron chi connectivity index (χ2n) is 11.0. The third-order valence-corrected chi connectivity index (χ3v) is 8.02. The van der Waals surface area contributed by atoms with E-state index < -0.39 is 35.5 Å². The predicted molar refractivity (Wildman–Crippen MR) is 156 cm³/mol. The third kappa shape index (κ3) is 4.20. The lowest BCUT2D eigenvalue weighted by molar-refractivity contribution is -0.150. The van der Waals surface area contributed by atoms with Gasteiger partial charge in [-0.2, -0.15) is 0 Å². The number of rotatable bonds is 7. The number of aromatic nitrogens is 4. The number of nitrogens with zero attached hydrogens (tertiary/aromatic N) is 4. The van der Waals surface area contributed by atoms with Gasteiger partial charge >= 0.3 is 0 Å². The zero-order valence-corrected chi connectivity index (χ0v) is 23.2. The minimum Gasteiger partial charge on any atom is -0.382 e. The Bertz CT molecular complexity index is 1660. The van der Waals surface area contributed by atoms with Gasteiger partial charge in [-0.05, 0) is 30.5 Å². The highest BCUT2D eigenvalue weighted by atomic mass is 19.1. The predicted octanol–water partition coefficient (Wildman–Crippen LogP) is 5.72. The molecule has 0 spiro atoms. The summed E-state index contributed by atoms with van der Waals surface area (Å²) in [5, 5.41) is 0. The molecule has 0 saturated carbocycles. The second-order valence-corrected chi connectivity index (χ2v) is 11.0. The first-order chi connectivity index (χ1) is 20.4. The number of nitrogens with two attached hydrogens (primary N) is 1. The summed E-state index contributed by atoms with van der Waals surface area (Å²) in [5.41, 5.74) is 8.98. The van der Waals surface area contributed by atoms with Gasteiger partial charge in [0.05, 0.1) is 12.9 Å². The molecule has 1 saturated heterocycles. The normalized spacial score (nSPS) is 21.6. The average molecular weight is 564 g/mol. The number of imidazole rings is 1. The van der Waals surface area contributed by atoms with Gasteiger partial charge < -0.3 is 24.5 Å². The molecular weight excluding hydrogens is 533 g/mol. The van der Waals surface area contributed by atoms with Crippen molar-refractivity contribution in [3.05, 3.63) is 132 Å². The Morgan fingerprint density at radius 1 is 0.857 bits per heavy atom. The quantitative estimate of drug-likeness (QED) is 0.253. The largest absolute Gasteiger partial charge is 0.382 e. The first-order valence-corrected chi connectivity index (χ1v) is 13.9. The Morgan fingerprint density at radius 3 is 2.00 bits per heavy atom. The summed E-state index contributed by atoms with van der Waals surface area (Å²) in [6.45, 7) is 3.60. The molecule has 212 valence electrons. The molecule has 3 unspecified atom stereocenters. The number of anilines is 1. The first kappa shape index (κ1) is 26.5. The van der Waals surface area contributed by atoms with Crippen molar-refractivity contribution in [2.24, 2.45) is 0 Å². The van der Waals surface area contributed by atoms with Gasteiger partial charge in [0.25, 0.3) is 0 Å². The monoisotopic (exact) mass is 563 g/mol. The lowest BCUT2D eigenvalue weighted by atomic mass is 9.80. The molecule has 2 aromatic heterocycles. The fourth-order valence-corrected chi connectivity index (χ4v) is 6.22. The van der Waals surface area contributed by atoms with E-state index in [0.29, 0.717) is 16.7 Å². The highest BCUT2D eigenvalue weighted by molar-refractivity contribution is 5.81. The Hall–Kier alpha value is -4.44. The highest BCUT2D eigenvalue weighted by Gasteiger charge is 2.55. The number of hydrogen-bond acceptors (Lipinski definition) is 7. The van der Waals surface area contributed by atoms with Crippen molar-refractivity contribution < 1.29 is 18.6 Å². The molecule has 5 aromatic rings. The van der Waals surface area contributed by atoms with Crippen LogP contribution in [0.2, 0.25) is 0 Å². The van der Waals surface area contributed by atoms with Crippen LogP contribution in [0.15, 0.2) is 115 Å². The maximum Gasteiger partial charge on any atom is 0.166 e. The minimum absolute atomic E-state index is 0.0502. The molecule has 1 fully saturated rings. The Labute approximate surface area is 242 Å². The van der Waals surface area contributed by atoms with Crippen molar-refractivity contribution in [1.82, 2.24) is 19.5 Å². The fourth-order valence-electron chi connectivity index (χ4n) is 6.22. The van der Waals surface area contributed by atoms with Crippen LogP contribution >= 0.6 is 0 Å². The Morgan fingerprint density at radius 2 is 1.43 bits per heavy atom. The van der Waals surface area contributed by atoms with E-state index in [1.165, 1.54) is 12.7 Å². The van der Waals surface area contributed by atoms with Gasteiger partial charge in [-0.15, -0.1) is 0 Å². The van der Waals surface area contributed by atoms with Crippen LogP contribution in [0.5, 0.6) is 0 Å². The average Bonchev–Trinajstić information content (AvgIpc) is 3.64. The van der Waals surface area contributed by atoms with Gasteiger partial charge in [-0.25, -0.2) is 19.3 Å². The van der Waals surface area contributed by atoms with E-state index in [4.69, 9.17) is 19.9 Å². The maximum atomic E-state index is 16.7. The standard InChI is InChI=1S/C33H30FN5O3/c1-32(2)41-28-24(25(34)27(29(28)42-32)39-20-38-26-30(35)36-19-37-31(26)39)18-40-33(21-12-6-3-7-13-21,22-14-8-4-9-15-22)23-16-10-5-11-17-23/h3-17,19-20,27-29H,18H2,1-2H3,(H2,35,36,37). The van der Waals surface area contributed by atoms with Gasteiger partial charge in [0, 0.05) is 5.57 Å². The number of hydrogen-bond donors (Lipinski definition) is 1. The molecule has 3 heterocycles. The van der Waals surface area contributed by atoms with Gasteiger partial charge in [0.1, 0.15) is 41.5 Å². The van der Waals surface area contributed by atoms with Crippen LogP contribution in [0.4, 0.5) is 10.2 Å². The van der Waals surface area contributed by atoms with Gasteiger partial charge in [0.2, 0.25) is 0 Å². The lowest BCUT2D eigenvalue weighted by Crippen LogP contribution is -2.35. The van der Waals surface area contributed by atoms with Crippen LogP contribution in [0, 0.1) is 0 Å². The Kier molecular flexibility index (Phi) is 6.38. The van der Waals surface area contributed by atoms with E-state index in [1.54, 1.807) is 4.57 Å². The van der Waals surface area contributed by atoms with Crippen LogP contribution in [-0.4, -0.2) is 44.1 Å². The van der Waals surface area contributed by atoms with E-state index in [1.807, 2.05) is 105 Å². The zero-order valence-electron chi connectivity index (χ0n) is 23.2. The van der Waals surface area contributed by atoms with Crippen molar-refractivity contribution in [2.45, 2.75) is 43.5 Å². The van der Waals surface area contributed by atoms with Crippen LogP contribution in [0.3, 0.4) is 0 Å². The molecule has 3 aromatic carbocycles. The topological polar surface area (TPSA) is 97.3 Å². The second kappa shape index (κ2) is 10.1. The van der Waals surface area contributed by atoms with E-state index >= 15 is 4.39 Å². The van der Waals surface area contributed by atoms with Crippen molar-refractivity contribution in [3.8, 4) is 0 Å². The number of halogens is 1. The van der Waals surface area contributed by atoms with Crippen LogP contribution in [0.25, 0.3) is 11.2 Å². The smallest absolute Gasteiger partial charge is 0.166 e. The van der Waals surface area contributed by atoms with Crippen molar-refractivity contribution in [3.63, 3.8) is 0 Å². The molecule has 1 aliphatic carbocycles.